The van der Waals surface area contributed by atoms with Crippen LogP contribution in [0.2, 0.25) is 0 Å². The molecule has 0 saturated heterocycles. The van der Waals surface area contributed by atoms with E-state index >= 15 is 0 Å². The van der Waals surface area contributed by atoms with Gasteiger partial charge in [0.25, 0.3) is 0 Å². The molecule has 3 aromatic carbocycles. The van der Waals surface area contributed by atoms with Gasteiger partial charge in [-0.05, 0) is 67.9 Å². The van der Waals surface area contributed by atoms with Crippen molar-refractivity contribution < 1.29 is 0 Å². The van der Waals surface area contributed by atoms with Crippen LogP contribution in [0.1, 0.15) is 82.7 Å². The maximum atomic E-state index is 10.5. The van der Waals surface area contributed by atoms with Gasteiger partial charge in [-0.3, -0.25) is 4.90 Å². The Morgan fingerprint density at radius 1 is 0.800 bits per heavy atom. The summed E-state index contributed by atoms with van der Waals surface area (Å²) in [5.41, 5.74) is 3.27. The molecule has 0 fully saturated rings. The summed E-state index contributed by atoms with van der Waals surface area (Å²) in [6.45, 7) is 11.3. The van der Waals surface area contributed by atoms with E-state index in [1.54, 1.807) is 0 Å². The Morgan fingerprint density at radius 2 is 1.29 bits per heavy atom. The fourth-order valence-corrected chi connectivity index (χ4v) is 5.76. The van der Waals surface area contributed by atoms with E-state index in [9.17, 15) is 5.26 Å². The minimum atomic E-state index is -0.508. The topological polar surface area (TPSA) is 27.0 Å². The highest BCUT2D eigenvalue weighted by Crippen LogP contribution is 2.41. The smallest absolute Gasteiger partial charge is 0.0845 e. The predicted molar refractivity (Wildman–Crippen MR) is 151 cm³/mol. The first-order valence-electron chi connectivity index (χ1n) is 12.9. The largest absolute Gasteiger partial charge is 0.287 e. The molecule has 0 heterocycles. The molecule has 184 valence electrons. The van der Waals surface area contributed by atoms with E-state index in [1.807, 2.05) is 0 Å². The van der Waals surface area contributed by atoms with Crippen LogP contribution in [-0.2, 0) is 5.41 Å². The average Bonchev–Trinajstić information content (AvgIpc) is 2.89. The van der Waals surface area contributed by atoms with Crippen LogP contribution >= 0.6 is 15.9 Å². The van der Waals surface area contributed by atoms with Crippen LogP contribution in [0, 0.1) is 17.2 Å². The second-order valence-electron chi connectivity index (χ2n) is 9.97. The molecule has 0 N–H and O–H groups in total. The predicted octanol–water partition coefficient (Wildman–Crippen LogP) is 9.25. The van der Waals surface area contributed by atoms with Crippen molar-refractivity contribution in [3.63, 3.8) is 0 Å². The van der Waals surface area contributed by atoms with Gasteiger partial charge in [0, 0.05) is 22.6 Å². The quantitative estimate of drug-likeness (QED) is 0.247. The second kappa shape index (κ2) is 12.5. The molecule has 0 radical (unpaired) electrons. The van der Waals surface area contributed by atoms with E-state index in [2.05, 4.69) is 146 Å². The minimum Gasteiger partial charge on any atom is -0.287 e. The summed E-state index contributed by atoms with van der Waals surface area (Å²) in [5.74, 6) is 0.220. The molecule has 3 rings (SSSR count). The first-order valence-corrected chi connectivity index (χ1v) is 13.7. The van der Waals surface area contributed by atoms with Gasteiger partial charge in [-0.25, -0.2) is 0 Å². The third-order valence-corrected chi connectivity index (χ3v) is 8.30. The maximum absolute atomic E-state index is 10.5. The fourth-order valence-electron chi connectivity index (χ4n) is 5.50. The second-order valence-corrected chi connectivity index (χ2v) is 10.9. The summed E-state index contributed by atoms with van der Waals surface area (Å²) in [7, 11) is 0. The molecule has 4 atom stereocenters. The van der Waals surface area contributed by atoms with Gasteiger partial charge in [0.15, 0.2) is 0 Å². The van der Waals surface area contributed by atoms with E-state index in [1.165, 1.54) is 11.1 Å². The van der Waals surface area contributed by atoms with Crippen molar-refractivity contribution in [3.05, 3.63) is 106 Å². The van der Waals surface area contributed by atoms with Gasteiger partial charge in [-0.15, -0.1) is 0 Å². The Bertz CT molecular complexity index is 1030. The van der Waals surface area contributed by atoms with Crippen LogP contribution in [0.3, 0.4) is 0 Å². The molecule has 0 spiro atoms. The molecule has 0 aliphatic rings. The molecule has 35 heavy (non-hydrogen) atoms. The number of hydrogen-bond acceptors (Lipinski definition) is 2. The summed E-state index contributed by atoms with van der Waals surface area (Å²) in [5, 5.41) is 10.5. The van der Waals surface area contributed by atoms with Crippen LogP contribution in [0.4, 0.5) is 0 Å². The molecule has 0 aliphatic carbocycles. The summed E-state index contributed by atoms with van der Waals surface area (Å²) in [4.78, 5) is 2.68. The molecular formula is C32H39BrN2. The lowest BCUT2D eigenvalue weighted by Crippen LogP contribution is -2.41. The number of benzene rings is 3. The highest BCUT2D eigenvalue weighted by Gasteiger charge is 2.38. The Kier molecular flexibility index (Phi) is 9.72. The van der Waals surface area contributed by atoms with Crippen molar-refractivity contribution in [3.8, 4) is 6.07 Å². The third-order valence-electron chi connectivity index (χ3n) is 7.77. The highest BCUT2D eigenvalue weighted by molar-refractivity contribution is 9.10. The lowest BCUT2D eigenvalue weighted by atomic mass is 9.69. The molecular weight excluding hydrogens is 492 g/mol. The Hall–Kier alpha value is -2.41. The standard InChI is InChI=1S/C32H39BrN2/c1-6-31(21-22-32(23-34,24(2)3)29-17-19-30(33)20-18-29)35(25(4)27-13-9-7-10-14-27)26(5)28-15-11-8-12-16-28/h7-20,24-26,31H,6,21-22H2,1-5H3. The van der Waals surface area contributed by atoms with E-state index in [4.69, 9.17) is 0 Å². The van der Waals surface area contributed by atoms with E-state index in [0.29, 0.717) is 6.04 Å². The molecule has 2 nitrogen and oxygen atoms in total. The number of nitrogens with zero attached hydrogens (tertiary/aromatic N) is 2. The van der Waals surface area contributed by atoms with Crippen molar-refractivity contribution >= 4 is 15.9 Å². The fraction of sp³-hybridized carbons (Fsp3) is 0.406. The number of halogens is 1. The molecule has 0 amide bonds. The zero-order chi connectivity index (χ0) is 25.4. The third kappa shape index (κ3) is 6.24. The van der Waals surface area contributed by atoms with Crippen LogP contribution < -0.4 is 0 Å². The minimum absolute atomic E-state index is 0.220. The SMILES string of the molecule is CCC(CCC(C#N)(c1ccc(Br)cc1)C(C)C)N(C(C)c1ccccc1)C(C)c1ccccc1. The molecule has 3 heteroatoms. The van der Waals surface area contributed by atoms with Gasteiger partial charge in [0.1, 0.15) is 0 Å². The molecule has 0 bridgehead atoms. The highest BCUT2D eigenvalue weighted by atomic mass is 79.9. The van der Waals surface area contributed by atoms with Crippen LogP contribution in [-0.4, -0.2) is 10.9 Å². The van der Waals surface area contributed by atoms with Crippen LogP contribution in [0.25, 0.3) is 0 Å². The lowest BCUT2D eigenvalue weighted by molar-refractivity contribution is 0.0789. The van der Waals surface area contributed by atoms with Gasteiger partial charge in [-0.1, -0.05) is 109 Å². The van der Waals surface area contributed by atoms with Crippen LogP contribution in [0.5, 0.6) is 0 Å². The van der Waals surface area contributed by atoms with Crippen molar-refractivity contribution in [2.75, 3.05) is 0 Å². The van der Waals surface area contributed by atoms with E-state index in [-0.39, 0.29) is 18.0 Å². The van der Waals surface area contributed by atoms with Gasteiger partial charge >= 0.3 is 0 Å². The lowest BCUT2D eigenvalue weighted by Gasteiger charge is -2.43. The number of rotatable bonds is 11. The van der Waals surface area contributed by atoms with Crippen molar-refractivity contribution in [1.29, 1.82) is 5.26 Å². The maximum Gasteiger partial charge on any atom is 0.0845 e. The summed E-state index contributed by atoms with van der Waals surface area (Å²) < 4.78 is 1.04. The summed E-state index contributed by atoms with van der Waals surface area (Å²) in [6.07, 6.45) is 2.84. The summed E-state index contributed by atoms with van der Waals surface area (Å²) in [6, 6.07) is 33.6. The number of hydrogen-bond donors (Lipinski definition) is 0. The Labute approximate surface area is 221 Å². The van der Waals surface area contributed by atoms with E-state index in [0.717, 1.165) is 29.3 Å². The van der Waals surface area contributed by atoms with E-state index < -0.39 is 5.41 Å². The van der Waals surface area contributed by atoms with Gasteiger partial charge < -0.3 is 0 Å². The molecule has 0 aromatic heterocycles. The Balaban J connectivity index is 1.96. The first kappa shape index (κ1) is 27.2. The zero-order valence-electron chi connectivity index (χ0n) is 21.8. The van der Waals surface area contributed by atoms with Crippen molar-refractivity contribution in [1.82, 2.24) is 4.90 Å². The van der Waals surface area contributed by atoms with Crippen molar-refractivity contribution in [2.45, 2.75) is 77.4 Å². The average molecular weight is 532 g/mol. The van der Waals surface area contributed by atoms with Crippen molar-refractivity contribution in [2.24, 2.45) is 5.92 Å². The molecule has 3 aromatic rings. The molecule has 0 aliphatic heterocycles. The van der Waals surface area contributed by atoms with Crippen LogP contribution in [0.15, 0.2) is 89.4 Å². The molecule has 0 saturated carbocycles. The van der Waals surface area contributed by atoms with Gasteiger partial charge in [0.2, 0.25) is 0 Å². The molecule has 4 unspecified atom stereocenters. The van der Waals surface area contributed by atoms with Gasteiger partial charge in [0.05, 0.1) is 11.5 Å². The summed E-state index contributed by atoms with van der Waals surface area (Å²) >= 11 is 3.55. The normalized spacial score (nSPS) is 15.9. The zero-order valence-corrected chi connectivity index (χ0v) is 23.4. The first-order chi connectivity index (χ1) is 16.8. The monoisotopic (exact) mass is 530 g/mol. The van der Waals surface area contributed by atoms with Gasteiger partial charge in [-0.2, -0.15) is 5.26 Å². The Morgan fingerprint density at radius 3 is 1.69 bits per heavy atom. The number of nitriles is 1.